The molecule has 0 atom stereocenters. The SMILES string of the molecule is N/C(=C\c1c(N)[nH]c2c1CN(C1CC3(C1)CN(C1CCN(C4CC5(CNC5)C4)CC1)C3)CC2)c1ccccc1O. The lowest BCUT2D eigenvalue weighted by atomic mass is 9.59. The molecule has 40 heavy (non-hydrogen) atoms. The fourth-order valence-corrected chi connectivity index (χ4v) is 9.10. The maximum absolute atomic E-state index is 10.2. The lowest BCUT2D eigenvalue weighted by molar-refractivity contribution is -0.137. The van der Waals surface area contributed by atoms with Gasteiger partial charge in [0.25, 0.3) is 0 Å². The van der Waals surface area contributed by atoms with Crippen molar-refractivity contribution in [3.05, 3.63) is 46.6 Å². The summed E-state index contributed by atoms with van der Waals surface area (Å²) >= 11 is 0. The number of anilines is 1. The summed E-state index contributed by atoms with van der Waals surface area (Å²) in [5, 5.41) is 13.7. The second-order valence-corrected chi connectivity index (χ2v) is 14.1. The van der Waals surface area contributed by atoms with Gasteiger partial charge in [0.05, 0.1) is 0 Å². The molecule has 214 valence electrons. The Hall–Kier alpha value is -2.52. The Kier molecular flexibility index (Phi) is 5.83. The zero-order valence-corrected chi connectivity index (χ0v) is 23.7. The summed E-state index contributed by atoms with van der Waals surface area (Å²) in [6.07, 6.45) is 11.2. The van der Waals surface area contributed by atoms with Gasteiger partial charge >= 0.3 is 0 Å². The van der Waals surface area contributed by atoms with Crippen LogP contribution in [0.2, 0.25) is 0 Å². The van der Waals surface area contributed by atoms with Gasteiger partial charge in [-0.25, -0.2) is 0 Å². The lowest BCUT2D eigenvalue weighted by Gasteiger charge is -2.64. The molecule has 0 radical (unpaired) electrons. The summed E-state index contributed by atoms with van der Waals surface area (Å²) in [7, 11) is 0. The van der Waals surface area contributed by atoms with Crippen LogP contribution >= 0.6 is 0 Å². The Morgan fingerprint density at radius 3 is 2.30 bits per heavy atom. The third-order valence-corrected chi connectivity index (χ3v) is 11.6. The average Bonchev–Trinajstić information content (AvgIpc) is 3.16. The van der Waals surface area contributed by atoms with Crippen molar-refractivity contribution >= 4 is 17.6 Å². The number of para-hydroxylation sites is 1. The van der Waals surface area contributed by atoms with Crippen molar-refractivity contribution in [1.29, 1.82) is 0 Å². The molecular weight excluding hydrogens is 498 g/mol. The third kappa shape index (κ3) is 4.10. The molecule has 8 rings (SSSR count). The fraction of sp³-hybridized carbons (Fsp3) is 0.625. The summed E-state index contributed by atoms with van der Waals surface area (Å²) in [6, 6.07) is 9.57. The number of nitrogen functional groups attached to an aromatic ring is 1. The first-order valence-corrected chi connectivity index (χ1v) is 15.6. The molecule has 2 aromatic rings. The molecule has 7 N–H and O–H groups in total. The molecule has 0 amide bonds. The number of nitrogens with two attached hydrogens (primary N) is 2. The molecule has 1 aromatic heterocycles. The van der Waals surface area contributed by atoms with Crippen molar-refractivity contribution in [3.8, 4) is 5.75 Å². The van der Waals surface area contributed by atoms with Gasteiger partial charge in [-0.3, -0.25) is 9.80 Å². The van der Waals surface area contributed by atoms with Crippen LogP contribution in [0.4, 0.5) is 5.82 Å². The zero-order valence-electron chi connectivity index (χ0n) is 23.7. The van der Waals surface area contributed by atoms with Crippen LogP contribution in [0.3, 0.4) is 0 Å². The van der Waals surface area contributed by atoms with Crippen molar-refractivity contribution in [2.45, 2.75) is 69.6 Å². The van der Waals surface area contributed by atoms with Crippen molar-refractivity contribution in [3.63, 3.8) is 0 Å². The molecule has 0 unspecified atom stereocenters. The van der Waals surface area contributed by atoms with E-state index in [1.54, 1.807) is 6.07 Å². The van der Waals surface area contributed by atoms with Gasteiger partial charge in [-0.15, -0.1) is 0 Å². The van der Waals surface area contributed by atoms with Crippen LogP contribution in [-0.2, 0) is 13.0 Å². The second-order valence-electron chi connectivity index (χ2n) is 14.1. The highest BCUT2D eigenvalue weighted by Crippen LogP contribution is 2.53. The third-order valence-electron chi connectivity index (χ3n) is 11.6. The number of hydrogen-bond donors (Lipinski definition) is 5. The van der Waals surface area contributed by atoms with Crippen LogP contribution in [-0.4, -0.2) is 88.7 Å². The number of aromatic nitrogens is 1. The molecule has 3 saturated heterocycles. The van der Waals surface area contributed by atoms with Gasteiger partial charge in [-0.1, -0.05) is 12.1 Å². The number of aromatic amines is 1. The number of rotatable bonds is 5. The van der Waals surface area contributed by atoms with Crippen LogP contribution in [0, 0.1) is 10.8 Å². The number of aromatic hydroxyl groups is 1. The van der Waals surface area contributed by atoms with E-state index in [0.29, 0.717) is 34.0 Å². The van der Waals surface area contributed by atoms with E-state index in [1.807, 2.05) is 24.3 Å². The van der Waals surface area contributed by atoms with E-state index in [2.05, 4.69) is 25.0 Å². The van der Waals surface area contributed by atoms with Gasteiger partial charge in [0.15, 0.2) is 0 Å². The number of phenols is 1. The lowest BCUT2D eigenvalue weighted by Crippen LogP contribution is -2.70. The molecule has 8 nitrogen and oxygen atoms in total. The minimum Gasteiger partial charge on any atom is -0.507 e. The summed E-state index contributed by atoms with van der Waals surface area (Å²) in [4.78, 5) is 11.7. The average molecular weight is 544 g/mol. The maximum atomic E-state index is 10.2. The molecule has 4 aliphatic heterocycles. The van der Waals surface area contributed by atoms with E-state index in [4.69, 9.17) is 11.5 Å². The maximum Gasteiger partial charge on any atom is 0.124 e. The Morgan fingerprint density at radius 1 is 0.900 bits per heavy atom. The minimum atomic E-state index is 0.193. The molecule has 5 fully saturated rings. The van der Waals surface area contributed by atoms with Crippen LogP contribution in [0.5, 0.6) is 5.75 Å². The normalized spacial score (nSPS) is 29.0. The van der Waals surface area contributed by atoms with Gasteiger partial charge in [0.2, 0.25) is 0 Å². The Labute approximate surface area is 237 Å². The van der Waals surface area contributed by atoms with Crippen LogP contribution in [0.1, 0.15) is 60.9 Å². The van der Waals surface area contributed by atoms with E-state index in [9.17, 15) is 5.11 Å². The van der Waals surface area contributed by atoms with Gasteiger partial charge in [0, 0.05) is 86.3 Å². The Morgan fingerprint density at radius 2 is 1.60 bits per heavy atom. The largest absolute Gasteiger partial charge is 0.507 e. The zero-order chi connectivity index (χ0) is 27.1. The summed E-state index contributed by atoms with van der Waals surface area (Å²) < 4.78 is 0. The predicted molar refractivity (Wildman–Crippen MR) is 159 cm³/mol. The van der Waals surface area contributed by atoms with Gasteiger partial charge in [-0.2, -0.15) is 0 Å². The number of nitrogens with one attached hydrogen (secondary N) is 2. The van der Waals surface area contributed by atoms with E-state index < -0.39 is 0 Å². The first-order chi connectivity index (χ1) is 19.4. The molecule has 0 bridgehead atoms. The first kappa shape index (κ1) is 25.2. The molecule has 1 aromatic carbocycles. The molecule has 5 heterocycles. The summed E-state index contributed by atoms with van der Waals surface area (Å²) in [5.41, 5.74) is 18.8. The number of benzene rings is 1. The quantitative estimate of drug-likeness (QED) is 0.395. The molecule has 8 heteroatoms. The van der Waals surface area contributed by atoms with Crippen molar-refractivity contribution in [2.24, 2.45) is 16.6 Å². The highest BCUT2D eigenvalue weighted by atomic mass is 16.3. The predicted octanol–water partition coefficient (Wildman–Crippen LogP) is 2.80. The van der Waals surface area contributed by atoms with E-state index in [-0.39, 0.29) is 5.75 Å². The van der Waals surface area contributed by atoms with Gasteiger partial charge in [0.1, 0.15) is 11.6 Å². The van der Waals surface area contributed by atoms with Crippen LogP contribution < -0.4 is 16.8 Å². The smallest absolute Gasteiger partial charge is 0.124 e. The van der Waals surface area contributed by atoms with E-state index in [0.717, 1.165) is 37.2 Å². The number of phenolic OH excluding ortho intramolecular Hbond substituents is 1. The molecule has 2 spiro atoms. The highest BCUT2D eigenvalue weighted by Gasteiger charge is 2.56. The Bertz CT molecular complexity index is 1300. The Balaban J connectivity index is 0.844. The molecular formula is C32H45N7O. The highest BCUT2D eigenvalue weighted by molar-refractivity contribution is 5.86. The molecule has 2 saturated carbocycles. The number of H-pyrrole nitrogens is 1. The number of likely N-dealkylation sites (tertiary alicyclic amines) is 2. The first-order valence-electron chi connectivity index (χ1n) is 15.6. The van der Waals surface area contributed by atoms with Crippen molar-refractivity contribution < 1.29 is 5.11 Å². The fourth-order valence-electron chi connectivity index (χ4n) is 9.10. The molecule has 2 aliphatic carbocycles. The van der Waals surface area contributed by atoms with Crippen LogP contribution in [0.25, 0.3) is 11.8 Å². The number of nitrogens with zero attached hydrogens (tertiary/aromatic N) is 3. The summed E-state index contributed by atoms with van der Waals surface area (Å²) in [5.74, 6) is 0.867. The van der Waals surface area contributed by atoms with Gasteiger partial charge in [-0.05, 0) is 86.2 Å². The number of fused-ring (bicyclic) bond motifs is 1. The second kappa shape index (κ2) is 9.24. The van der Waals surface area contributed by atoms with Crippen molar-refractivity contribution in [1.82, 2.24) is 25.0 Å². The van der Waals surface area contributed by atoms with E-state index in [1.165, 1.54) is 89.1 Å². The summed E-state index contributed by atoms with van der Waals surface area (Å²) in [6.45, 7) is 9.79. The van der Waals surface area contributed by atoms with Crippen molar-refractivity contribution in [2.75, 3.05) is 51.5 Å². The van der Waals surface area contributed by atoms with Crippen LogP contribution in [0.15, 0.2) is 24.3 Å². The topological polar surface area (TPSA) is 110 Å². The monoisotopic (exact) mass is 543 g/mol. The van der Waals surface area contributed by atoms with E-state index >= 15 is 0 Å². The number of piperidine rings is 1. The number of hydrogen-bond acceptors (Lipinski definition) is 7. The standard InChI is InChI=1S/C32H45N7O/c33-27(24-3-1-2-4-29(24)40)11-25-26-16-38(10-7-28(26)36-30(25)34)23-14-32(15-23)19-39(20-32)21-5-8-37(9-6-21)22-12-31(13-22)17-35-18-31/h1-4,11,21-23,35-36,40H,5-10,12-20,33-34H2/b27-11-. The van der Waals surface area contributed by atoms with Gasteiger partial charge < -0.3 is 31.8 Å². The molecule has 6 aliphatic rings. The minimum absolute atomic E-state index is 0.193.